The Hall–Kier alpha value is -0.850. The molecule has 0 heterocycles. The molecule has 0 radical (unpaired) electrons. The molecule has 1 heteroatoms. The van der Waals surface area contributed by atoms with Gasteiger partial charge in [-0.05, 0) is 32.1 Å². The molecule has 13 heavy (non-hydrogen) atoms. The van der Waals surface area contributed by atoms with Gasteiger partial charge in [-0.25, -0.2) is 0 Å². The van der Waals surface area contributed by atoms with Gasteiger partial charge in [0.25, 0.3) is 0 Å². The molecule has 0 aromatic rings. The van der Waals surface area contributed by atoms with Crippen LogP contribution in [0.4, 0.5) is 0 Å². The first-order valence-electron chi connectivity index (χ1n) is 5.12. The Morgan fingerprint density at radius 2 is 1.85 bits per heavy atom. The number of rotatable bonds is 0. The van der Waals surface area contributed by atoms with Crippen LogP contribution in [0.2, 0.25) is 0 Å². The molecule has 0 aliphatic heterocycles. The summed E-state index contributed by atoms with van der Waals surface area (Å²) in [5.74, 6) is 0.414. The maximum atomic E-state index is 11.2. The highest BCUT2D eigenvalue weighted by molar-refractivity contribution is 5.78. The van der Waals surface area contributed by atoms with Gasteiger partial charge in [-0.2, -0.15) is 0 Å². The predicted molar refractivity (Wildman–Crippen MR) is 55.6 cm³/mol. The molecular weight excluding hydrogens is 160 g/mol. The molecule has 1 rings (SSSR count). The SMILES string of the molecule is C=C1C/C=C\CCC(=O)CCCC1. The first-order chi connectivity index (χ1) is 6.29. The van der Waals surface area contributed by atoms with Gasteiger partial charge in [-0.15, -0.1) is 0 Å². The van der Waals surface area contributed by atoms with Crippen molar-refractivity contribution in [3.8, 4) is 0 Å². The van der Waals surface area contributed by atoms with Crippen molar-refractivity contribution in [3.63, 3.8) is 0 Å². The van der Waals surface area contributed by atoms with E-state index >= 15 is 0 Å². The van der Waals surface area contributed by atoms with Gasteiger partial charge < -0.3 is 0 Å². The van der Waals surface area contributed by atoms with Crippen LogP contribution in [0.15, 0.2) is 24.3 Å². The van der Waals surface area contributed by atoms with Crippen LogP contribution in [0.25, 0.3) is 0 Å². The Bertz CT molecular complexity index is 213. The van der Waals surface area contributed by atoms with Crippen LogP contribution in [0.3, 0.4) is 0 Å². The van der Waals surface area contributed by atoms with E-state index in [1.54, 1.807) is 0 Å². The number of hydrogen-bond acceptors (Lipinski definition) is 1. The van der Waals surface area contributed by atoms with Gasteiger partial charge >= 0.3 is 0 Å². The highest BCUT2D eigenvalue weighted by Gasteiger charge is 2.02. The van der Waals surface area contributed by atoms with Crippen LogP contribution in [-0.2, 0) is 4.79 Å². The number of hydrogen-bond donors (Lipinski definition) is 0. The monoisotopic (exact) mass is 178 g/mol. The van der Waals surface area contributed by atoms with Crippen molar-refractivity contribution < 1.29 is 4.79 Å². The molecule has 72 valence electrons. The van der Waals surface area contributed by atoms with E-state index in [2.05, 4.69) is 18.7 Å². The van der Waals surface area contributed by atoms with Crippen LogP contribution in [0.1, 0.15) is 44.9 Å². The van der Waals surface area contributed by atoms with E-state index in [9.17, 15) is 4.79 Å². The molecule has 0 bridgehead atoms. The second kappa shape index (κ2) is 5.74. The van der Waals surface area contributed by atoms with Gasteiger partial charge in [-0.1, -0.05) is 24.3 Å². The van der Waals surface area contributed by atoms with Crippen molar-refractivity contribution in [1.29, 1.82) is 0 Å². The molecule has 0 amide bonds. The van der Waals surface area contributed by atoms with E-state index < -0.39 is 0 Å². The number of Topliss-reactive ketones (excluding diaryl/α,β-unsaturated/α-hetero) is 1. The van der Waals surface area contributed by atoms with Crippen LogP contribution in [-0.4, -0.2) is 5.78 Å². The Kier molecular flexibility index (Phi) is 4.52. The van der Waals surface area contributed by atoms with Crippen molar-refractivity contribution in [2.75, 3.05) is 0 Å². The van der Waals surface area contributed by atoms with Gasteiger partial charge in [0.1, 0.15) is 5.78 Å². The zero-order valence-corrected chi connectivity index (χ0v) is 8.22. The number of ketones is 1. The third kappa shape index (κ3) is 4.66. The van der Waals surface area contributed by atoms with Crippen LogP contribution in [0.5, 0.6) is 0 Å². The molecular formula is C12H18O. The van der Waals surface area contributed by atoms with Crippen molar-refractivity contribution in [2.24, 2.45) is 0 Å². The van der Waals surface area contributed by atoms with Crippen molar-refractivity contribution in [2.45, 2.75) is 44.9 Å². The summed E-state index contributed by atoms with van der Waals surface area (Å²) in [5, 5.41) is 0. The maximum Gasteiger partial charge on any atom is 0.133 e. The molecule has 1 aliphatic carbocycles. The molecule has 0 fully saturated rings. The van der Waals surface area contributed by atoms with Crippen molar-refractivity contribution in [3.05, 3.63) is 24.3 Å². The minimum Gasteiger partial charge on any atom is -0.300 e. The third-order valence-corrected chi connectivity index (χ3v) is 2.40. The Morgan fingerprint density at radius 3 is 2.69 bits per heavy atom. The van der Waals surface area contributed by atoms with Gasteiger partial charge in [-0.3, -0.25) is 4.79 Å². The Balaban J connectivity index is 2.40. The highest BCUT2D eigenvalue weighted by Crippen LogP contribution is 2.14. The summed E-state index contributed by atoms with van der Waals surface area (Å²) in [4.78, 5) is 11.2. The lowest BCUT2D eigenvalue weighted by Crippen LogP contribution is -1.96. The first kappa shape index (κ1) is 10.2. The smallest absolute Gasteiger partial charge is 0.133 e. The van der Waals surface area contributed by atoms with Gasteiger partial charge in [0.05, 0.1) is 0 Å². The summed E-state index contributed by atoms with van der Waals surface area (Å²) >= 11 is 0. The lowest BCUT2D eigenvalue weighted by molar-refractivity contribution is -0.119. The highest BCUT2D eigenvalue weighted by atomic mass is 16.1. The molecule has 1 aliphatic rings. The second-order valence-corrected chi connectivity index (χ2v) is 3.71. The van der Waals surface area contributed by atoms with Crippen LogP contribution < -0.4 is 0 Å². The van der Waals surface area contributed by atoms with E-state index in [-0.39, 0.29) is 0 Å². The molecule has 0 saturated carbocycles. The van der Waals surface area contributed by atoms with Gasteiger partial charge in [0.2, 0.25) is 0 Å². The molecule has 0 aromatic heterocycles. The topological polar surface area (TPSA) is 17.1 Å². The van der Waals surface area contributed by atoms with Gasteiger partial charge in [0.15, 0.2) is 0 Å². The lowest BCUT2D eigenvalue weighted by Gasteiger charge is -2.00. The molecule has 0 unspecified atom stereocenters. The third-order valence-electron chi connectivity index (χ3n) is 2.40. The number of carbonyl (C=O) groups is 1. The van der Waals surface area contributed by atoms with Crippen LogP contribution in [0, 0.1) is 0 Å². The minimum absolute atomic E-state index is 0.414. The van der Waals surface area contributed by atoms with E-state index in [0.29, 0.717) is 5.78 Å². The standard InChI is InChI=1S/C12H18O/c1-11-7-3-2-4-9-12(13)10-6-5-8-11/h2-3H,1,4-10H2/b3-2-. The zero-order valence-electron chi connectivity index (χ0n) is 8.22. The Morgan fingerprint density at radius 1 is 1.08 bits per heavy atom. The molecule has 0 saturated heterocycles. The fourth-order valence-electron chi connectivity index (χ4n) is 1.54. The molecule has 1 nitrogen and oxygen atoms in total. The van der Waals surface area contributed by atoms with Crippen molar-refractivity contribution in [1.82, 2.24) is 0 Å². The predicted octanol–water partition coefficient (Wildman–Crippen LogP) is 3.41. The summed E-state index contributed by atoms with van der Waals surface area (Å²) in [7, 11) is 0. The molecule has 0 N–H and O–H groups in total. The second-order valence-electron chi connectivity index (χ2n) is 3.71. The van der Waals surface area contributed by atoms with E-state index in [4.69, 9.17) is 0 Å². The van der Waals surface area contributed by atoms with Crippen molar-refractivity contribution >= 4 is 5.78 Å². The Labute approximate surface area is 80.5 Å². The normalized spacial score (nSPS) is 23.7. The van der Waals surface area contributed by atoms with Crippen LogP contribution >= 0.6 is 0 Å². The fraction of sp³-hybridized carbons (Fsp3) is 0.583. The quantitative estimate of drug-likeness (QED) is 0.519. The summed E-state index contributed by atoms with van der Waals surface area (Å²) in [6.07, 6.45) is 10.9. The zero-order chi connectivity index (χ0) is 9.52. The summed E-state index contributed by atoms with van der Waals surface area (Å²) in [6.45, 7) is 4.00. The largest absolute Gasteiger partial charge is 0.300 e. The lowest BCUT2D eigenvalue weighted by atomic mass is 10.1. The average Bonchev–Trinajstić information content (AvgIpc) is 2.14. The van der Waals surface area contributed by atoms with Gasteiger partial charge in [0, 0.05) is 12.8 Å². The fourth-order valence-corrected chi connectivity index (χ4v) is 1.54. The molecule has 0 aromatic carbocycles. The first-order valence-corrected chi connectivity index (χ1v) is 5.12. The van der Waals surface area contributed by atoms with E-state index in [1.165, 1.54) is 5.57 Å². The summed E-state index contributed by atoms with van der Waals surface area (Å²) in [6, 6.07) is 0. The molecule has 0 atom stereocenters. The van der Waals surface area contributed by atoms with E-state index in [0.717, 1.165) is 44.9 Å². The number of carbonyl (C=O) groups excluding carboxylic acids is 1. The summed E-state index contributed by atoms with van der Waals surface area (Å²) in [5.41, 5.74) is 1.30. The molecule has 0 spiro atoms. The maximum absolute atomic E-state index is 11.2. The average molecular weight is 178 g/mol. The number of allylic oxidation sites excluding steroid dienone is 3. The van der Waals surface area contributed by atoms with E-state index in [1.807, 2.05) is 0 Å². The summed E-state index contributed by atoms with van der Waals surface area (Å²) < 4.78 is 0. The minimum atomic E-state index is 0.414.